The average molecular weight is 218 g/mol. The lowest BCUT2D eigenvalue weighted by Crippen LogP contribution is -1.87. The number of nitrogens with one attached hydrogen (secondary N) is 1. The summed E-state index contributed by atoms with van der Waals surface area (Å²) in [6.07, 6.45) is 1.69. The van der Waals surface area contributed by atoms with E-state index in [1.54, 1.807) is 13.3 Å². The van der Waals surface area contributed by atoms with Gasteiger partial charge in [-0.2, -0.15) is 0 Å². The first kappa shape index (κ1) is 9.86. The molecule has 4 heteroatoms. The van der Waals surface area contributed by atoms with Crippen molar-refractivity contribution in [3.05, 3.63) is 41.3 Å². The Morgan fingerprint density at radius 3 is 2.93 bits per heavy atom. The lowest BCUT2D eigenvalue weighted by atomic mass is 10.1. The van der Waals surface area contributed by atoms with Crippen molar-refractivity contribution in [2.24, 2.45) is 0 Å². The van der Waals surface area contributed by atoms with Crippen LogP contribution in [0.15, 0.2) is 36.5 Å². The zero-order valence-corrected chi connectivity index (χ0v) is 9.04. The Morgan fingerprint density at radius 1 is 1.33 bits per heavy atom. The standard InChI is InChI=1S/C11H10N2OS/c1-14-9-4-2-3-8(7-9)10-5-6-12-11(15)13-10/h2-7H,1H3,(H,12,13,15). The predicted molar refractivity (Wildman–Crippen MR) is 61.4 cm³/mol. The molecule has 0 atom stereocenters. The third-order valence-electron chi connectivity index (χ3n) is 2.06. The minimum atomic E-state index is 0.482. The van der Waals surface area contributed by atoms with Gasteiger partial charge in [-0.3, -0.25) is 0 Å². The van der Waals surface area contributed by atoms with E-state index in [-0.39, 0.29) is 0 Å². The second-order valence-corrected chi connectivity index (χ2v) is 3.41. The molecule has 1 aromatic heterocycles. The van der Waals surface area contributed by atoms with E-state index in [1.807, 2.05) is 30.3 Å². The zero-order chi connectivity index (χ0) is 10.7. The number of methoxy groups -OCH3 is 1. The highest BCUT2D eigenvalue weighted by atomic mass is 32.1. The molecule has 1 N–H and O–H groups in total. The second-order valence-electron chi connectivity index (χ2n) is 3.02. The summed E-state index contributed by atoms with van der Waals surface area (Å²) < 4.78 is 5.63. The van der Waals surface area contributed by atoms with Gasteiger partial charge in [-0.25, -0.2) is 4.98 Å². The number of ether oxygens (including phenoxy) is 1. The molecule has 3 nitrogen and oxygen atoms in total. The van der Waals surface area contributed by atoms with Gasteiger partial charge in [0.25, 0.3) is 0 Å². The molecule has 15 heavy (non-hydrogen) atoms. The molecule has 2 rings (SSSR count). The van der Waals surface area contributed by atoms with Gasteiger partial charge in [-0.1, -0.05) is 12.1 Å². The van der Waals surface area contributed by atoms with Gasteiger partial charge in [-0.05, 0) is 30.4 Å². The van der Waals surface area contributed by atoms with Crippen LogP contribution in [0.25, 0.3) is 11.3 Å². The predicted octanol–water partition coefficient (Wildman–Crippen LogP) is 2.81. The number of aromatic amines is 1. The molecule has 0 amide bonds. The summed E-state index contributed by atoms with van der Waals surface area (Å²) in [6.45, 7) is 0. The van der Waals surface area contributed by atoms with Gasteiger partial charge in [0.1, 0.15) is 5.75 Å². The van der Waals surface area contributed by atoms with Gasteiger partial charge in [0, 0.05) is 17.5 Å². The van der Waals surface area contributed by atoms with Crippen LogP contribution >= 0.6 is 12.2 Å². The number of rotatable bonds is 2. The lowest BCUT2D eigenvalue weighted by molar-refractivity contribution is 0.415. The Labute approximate surface area is 92.8 Å². The fraction of sp³-hybridized carbons (Fsp3) is 0.0909. The van der Waals surface area contributed by atoms with Gasteiger partial charge in [0.2, 0.25) is 0 Å². The maximum atomic E-state index is 5.15. The fourth-order valence-electron chi connectivity index (χ4n) is 1.33. The number of hydrogen-bond acceptors (Lipinski definition) is 3. The summed E-state index contributed by atoms with van der Waals surface area (Å²) in [5.74, 6) is 0.823. The highest BCUT2D eigenvalue weighted by Gasteiger charge is 1.98. The van der Waals surface area contributed by atoms with Gasteiger partial charge >= 0.3 is 0 Å². The summed E-state index contributed by atoms with van der Waals surface area (Å²) in [6, 6.07) is 9.65. The van der Waals surface area contributed by atoms with Crippen LogP contribution in [0.4, 0.5) is 0 Å². The van der Waals surface area contributed by atoms with Crippen LogP contribution in [-0.4, -0.2) is 17.1 Å². The Hall–Kier alpha value is -1.68. The van der Waals surface area contributed by atoms with Crippen LogP contribution in [0.3, 0.4) is 0 Å². The van der Waals surface area contributed by atoms with Gasteiger partial charge < -0.3 is 9.72 Å². The smallest absolute Gasteiger partial charge is 0.197 e. The molecule has 76 valence electrons. The summed E-state index contributed by atoms with van der Waals surface area (Å²) in [4.78, 5) is 6.96. The van der Waals surface area contributed by atoms with Gasteiger partial charge in [-0.15, -0.1) is 0 Å². The Balaban J connectivity index is 2.49. The quantitative estimate of drug-likeness (QED) is 0.788. The number of benzene rings is 1. The van der Waals surface area contributed by atoms with Gasteiger partial charge in [0.05, 0.1) is 7.11 Å². The number of H-pyrrole nitrogens is 1. The van der Waals surface area contributed by atoms with E-state index in [0.717, 1.165) is 17.0 Å². The van der Waals surface area contributed by atoms with Crippen molar-refractivity contribution >= 4 is 12.2 Å². The second kappa shape index (κ2) is 4.23. The van der Waals surface area contributed by atoms with E-state index in [9.17, 15) is 0 Å². The topological polar surface area (TPSA) is 37.9 Å². The van der Waals surface area contributed by atoms with Gasteiger partial charge in [0.15, 0.2) is 4.77 Å². The van der Waals surface area contributed by atoms with E-state index in [0.29, 0.717) is 4.77 Å². The first-order valence-electron chi connectivity index (χ1n) is 4.49. The Morgan fingerprint density at radius 2 is 2.20 bits per heavy atom. The first-order valence-corrected chi connectivity index (χ1v) is 4.90. The zero-order valence-electron chi connectivity index (χ0n) is 8.23. The van der Waals surface area contributed by atoms with E-state index >= 15 is 0 Å². The maximum absolute atomic E-state index is 5.15. The van der Waals surface area contributed by atoms with Crippen LogP contribution in [0.1, 0.15) is 0 Å². The first-order chi connectivity index (χ1) is 7.29. The number of hydrogen-bond donors (Lipinski definition) is 1. The Bertz CT molecular complexity index is 522. The number of nitrogens with zero attached hydrogens (tertiary/aromatic N) is 1. The largest absolute Gasteiger partial charge is 0.497 e. The van der Waals surface area contributed by atoms with Crippen LogP contribution in [0.5, 0.6) is 5.75 Å². The molecule has 0 aliphatic rings. The normalized spacial score (nSPS) is 9.93. The molecule has 0 aliphatic heterocycles. The molecule has 0 fully saturated rings. The van der Waals surface area contributed by atoms with Crippen molar-refractivity contribution in [1.29, 1.82) is 0 Å². The molecular formula is C11H10N2OS. The molecule has 0 saturated heterocycles. The molecular weight excluding hydrogens is 208 g/mol. The summed E-state index contributed by atoms with van der Waals surface area (Å²) >= 11 is 4.96. The average Bonchev–Trinajstić information content (AvgIpc) is 2.29. The lowest BCUT2D eigenvalue weighted by Gasteiger charge is -2.04. The Kier molecular flexibility index (Phi) is 2.78. The van der Waals surface area contributed by atoms with E-state index in [1.165, 1.54) is 0 Å². The molecule has 2 aromatic rings. The molecule has 1 aromatic carbocycles. The molecule has 0 radical (unpaired) electrons. The van der Waals surface area contributed by atoms with Crippen LogP contribution in [-0.2, 0) is 0 Å². The van der Waals surface area contributed by atoms with Crippen molar-refractivity contribution in [3.63, 3.8) is 0 Å². The number of aromatic nitrogens is 2. The molecule has 0 aliphatic carbocycles. The van der Waals surface area contributed by atoms with Crippen LogP contribution < -0.4 is 4.74 Å². The highest BCUT2D eigenvalue weighted by Crippen LogP contribution is 2.21. The van der Waals surface area contributed by atoms with Crippen molar-refractivity contribution in [2.45, 2.75) is 0 Å². The molecule has 1 heterocycles. The van der Waals surface area contributed by atoms with Crippen molar-refractivity contribution < 1.29 is 4.74 Å². The van der Waals surface area contributed by atoms with E-state index in [4.69, 9.17) is 17.0 Å². The highest BCUT2D eigenvalue weighted by molar-refractivity contribution is 7.71. The van der Waals surface area contributed by atoms with Crippen LogP contribution in [0.2, 0.25) is 0 Å². The maximum Gasteiger partial charge on any atom is 0.197 e. The molecule has 0 unspecified atom stereocenters. The summed E-state index contributed by atoms with van der Waals surface area (Å²) in [5, 5.41) is 0. The molecule has 0 bridgehead atoms. The van der Waals surface area contributed by atoms with Crippen molar-refractivity contribution in [1.82, 2.24) is 9.97 Å². The molecule has 0 spiro atoms. The third kappa shape index (κ3) is 2.22. The van der Waals surface area contributed by atoms with Crippen LogP contribution in [0, 0.1) is 4.77 Å². The summed E-state index contributed by atoms with van der Waals surface area (Å²) in [5.41, 5.74) is 1.97. The SMILES string of the molecule is COc1cccc(-c2ccnc(=S)[nH]2)c1. The molecule has 0 saturated carbocycles. The minimum absolute atomic E-state index is 0.482. The van der Waals surface area contributed by atoms with Crippen molar-refractivity contribution in [2.75, 3.05) is 7.11 Å². The third-order valence-corrected chi connectivity index (χ3v) is 2.26. The van der Waals surface area contributed by atoms with E-state index in [2.05, 4.69) is 9.97 Å². The summed E-state index contributed by atoms with van der Waals surface area (Å²) in [7, 11) is 1.65. The monoisotopic (exact) mass is 218 g/mol. The fourth-order valence-corrected chi connectivity index (χ4v) is 1.50. The van der Waals surface area contributed by atoms with Crippen molar-refractivity contribution in [3.8, 4) is 17.0 Å². The minimum Gasteiger partial charge on any atom is -0.497 e. The van der Waals surface area contributed by atoms with E-state index < -0.39 is 0 Å².